The van der Waals surface area contributed by atoms with Gasteiger partial charge in [-0.15, -0.1) is 0 Å². The summed E-state index contributed by atoms with van der Waals surface area (Å²) in [7, 11) is 1.28. The molecule has 578 valence electrons. The molecule has 1 aromatic heterocycles. The maximum Gasteiger partial charge on any atom is 0.332 e. The van der Waals surface area contributed by atoms with E-state index in [1.165, 1.54) is 52.1 Å². The van der Waals surface area contributed by atoms with Crippen LogP contribution in [0.3, 0.4) is 0 Å². The fourth-order valence-electron chi connectivity index (χ4n) is 11.7. The van der Waals surface area contributed by atoms with Gasteiger partial charge in [0.25, 0.3) is 5.56 Å². The molecule has 2 fully saturated rings. The van der Waals surface area contributed by atoms with Gasteiger partial charge in [0.15, 0.2) is 12.3 Å². The van der Waals surface area contributed by atoms with Crippen molar-refractivity contribution in [3.8, 4) is 5.75 Å². The van der Waals surface area contributed by atoms with Crippen LogP contribution < -0.4 is 63.8 Å². The van der Waals surface area contributed by atoms with E-state index in [0.717, 1.165) is 40.8 Å². The van der Waals surface area contributed by atoms with E-state index in [1.807, 2.05) is 4.98 Å². The van der Waals surface area contributed by atoms with Crippen LogP contribution in [0, 0.1) is 17.8 Å². The van der Waals surface area contributed by atoms with E-state index >= 15 is 9.59 Å². The highest BCUT2D eigenvalue weighted by molar-refractivity contribution is 5.98. The van der Waals surface area contributed by atoms with Gasteiger partial charge < -0.3 is 97.2 Å². The van der Waals surface area contributed by atoms with Gasteiger partial charge in [0.1, 0.15) is 85.2 Å². The van der Waals surface area contributed by atoms with Crippen LogP contribution in [0.15, 0.2) is 88.6 Å². The average Bonchev–Trinajstić information content (AvgIpc) is 1.76. The molecule has 9 amide bonds. The minimum atomic E-state index is -2.03. The van der Waals surface area contributed by atoms with Crippen molar-refractivity contribution < 1.29 is 97.2 Å². The van der Waals surface area contributed by atoms with Crippen LogP contribution >= 0.6 is 0 Å². The quantitative estimate of drug-likeness (QED) is 0.0304. The highest BCUT2D eigenvalue weighted by Crippen LogP contribution is 2.29. The second-order valence-electron chi connectivity index (χ2n) is 27.1. The highest BCUT2D eigenvalue weighted by atomic mass is 16.6. The number of esters is 2. The van der Waals surface area contributed by atoms with Crippen molar-refractivity contribution in [2.24, 2.45) is 17.8 Å². The molecule has 2 aromatic carbocycles. The smallest absolute Gasteiger partial charge is 0.332 e. The Hall–Kier alpha value is -9.45. The molecule has 5 heterocycles. The van der Waals surface area contributed by atoms with Crippen molar-refractivity contribution in [1.29, 1.82) is 0 Å². The predicted octanol–water partition coefficient (Wildman–Crippen LogP) is -2.67. The number of cyclic esters (lactones) is 1. The molecule has 105 heavy (non-hydrogen) atoms. The van der Waals surface area contributed by atoms with Gasteiger partial charge in [-0.05, 0) is 87.7 Å². The molecule has 0 aliphatic carbocycles. The number of aromatic amines is 1. The number of unbranched alkanes of at least 4 members (excludes halogenated alkanes) is 3. The van der Waals surface area contributed by atoms with Gasteiger partial charge in [0, 0.05) is 64.3 Å². The summed E-state index contributed by atoms with van der Waals surface area (Å²) in [6, 6.07) is 4.74. The fraction of sp³-hybridized carbons (Fsp3) is 0.592. The van der Waals surface area contributed by atoms with Crippen molar-refractivity contribution >= 4 is 65.1 Å². The molecule has 15 N–H and O–H groups in total. The third-order valence-corrected chi connectivity index (χ3v) is 18.7. The SMILES string of the molecule is CC[C@H](C)[C@H]1NC(=O)[C@@H](NC(=O)[C@H](C)[C@H](O)C(C)C)[C@@H](C)OC(=O)[C@@H]2COC(=O)CNC(=O)/C=C/[C@@](O)(CNCCCCCCNC(=O)CCCC(=O)NC[C@H]3O[C@@H](n4ccc(=O)[nH]c4=O)[C@H](O)[C@@H]3O)[C@H](C)Oc3ccc(cc3)[C@H](NC1=O)C(=O)N(C)[C@@H](Cc1ccccc1)C(=O)N[C@H]([C@@H](C)O)C(=O)N2. The molecule has 4 aliphatic rings. The normalized spacial score (nSPS) is 27.0. The Balaban J connectivity index is 1.21. The highest BCUT2D eigenvalue weighted by Gasteiger charge is 2.46. The summed E-state index contributed by atoms with van der Waals surface area (Å²) >= 11 is 0. The lowest BCUT2D eigenvalue weighted by atomic mass is 9.93. The zero-order valence-electron chi connectivity index (χ0n) is 60.5. The minimum absolute atomic E-state index is 0.0319. The first-order chi connectivity index (χ1) is 49.7. The second kappa shape index (κ2) is 40.2. The minimum Gasteiger partial charge on any atom is -0.487 e. The molecule has 34 heteroatoms. The number of H-pyrrole nitrogens is 1. The van der Waals surface area contributed by atoms with Gasteiger partial charge >= 0.3 is 17.6 Å². The standard InChI is InChI=1S/C71H102N12O22/c1-10-39(4)55-64(95)81-58-45-23-25-46(26-24-45)104-43(8)71(101,37-72-30-16-11-12-17-31-73-50(85)21-18-22-51(86)74-34-49-60(91)61(92)68(105-49)83-32-28-53(88)77-70(83)100)29-27-52(87)75-35-54(89)102-36-47(69(99)103-42(7)57(66(97)78-55)80-62(93)40(5)59(90)38(2)3)76-65(96)56(41(6)84)79-63(94)48(82(9)67(58)98)33-44-19-14-13-15-20-44/h13-15,19-20,23-29,32,38-43,47-49,55-61,68,72,84,90-92,101H,10-12,16-18,21-22,30-31,33-37H2,1-9H3,(H,73,85)(H,74,86)(H,75,87)(H,76,96)(H,78,97)(H,79,94)(H,80,93)(H,81,95)(H,77,88,100)/b29-27+/t39-,40+,41+,42+,43-,47-,48-,49+,55+,56+,57-,58-,59+,60+,61+,68+,71+/m0/s1. The average molecular weight is 1480 g/mol. The lowest BCUT2D eigenvalue weighted by Crippen LogP contribution is -2.61. The Morgan fingerprint density at radius 2 is 1.38 bits per heavy atom. The van der Waals surface area contributed by atoms with Crippen molar-refractivity contribution in [3.05, 3.63) is 111 Å². The molecule has 4 bridgehead atoms. The first-order valence-electron chi connectivity index (χ1n) is 35.3. The molecule has 0 saturated carbocycles. The summed E-state index contributed by atoms with van der Waals surface area (Å²) in [6.45, 7) is 10.3. The molecular weight excluding hydrogens is 1370 g/mol. The van der Waals surface area contributed by atoms with Crippen LogP contribution in [-0.2, 0) is 73.4 Å². The number of rotatable bonds is 25. The van der Waals surface area contributed by atoms with E-state index in [9.17, 15) is 78.3 Å². The number of aromatic nitrogens is 2. The summed E-state index contributed by atoms with van der Waals surface area (Å²) in [5.41, 5.74) is -2.87. The predicted molar refractivity (Wildman–Crippen MR) is 375 cm³/mol. The van der Waals surface area contributed by atoms with Gasteiger partial charge in [0.2, 0.25) is 53.2 Å². The Morgan fingerprint density at radius 3 is 2.03 bits per heavy atom. The Labute approximate surface area is 607 Å². The molecule has 7 rings (SSSR count). The Morgan fingerprint density at radius 1 is 0.733 bits per heavy atom. The summed E-state index contributed by atoms with van der Waals surface area (Å²) in [5.74, 6) is -12.4. The fourth-order valence-corrected chi connectivity index (χ4v) is 11.7. The molecule has 2 saturated heterocycles. The van der Waals surface area contributed by atoms with Crippen molar-refractivity contribution in [1.82, 2.24) is 62.3 Å². The number of ether oxygens (including phenoxy) is 4. The number of carbonyl (C=O) groups excluding carboxylic acids is 11. The lowest BCUT2D eigenvalue weighted by Gasteiger charge is -2.34. The number of aliphatic hydroxyl groups excluding tert-OH is 4. The molecule has 0 spiro atoms. The molecule has 34 nitrogen and oxygen atoms in total. The number of aliphatic hydroxyl groups is 5. The van der Waals surface area contributed by atoms with Crippen molar-refractivity contribution in [2.45, 2.75) is 204 Å². The van der Waals surface area contributed by atoms with Crippen LogP contribution in [0.2, 0.25) is 0 Å². The van der Waals surface area contributed by atoms with E-state index < -0.39 is 192 Å². The number of hydrogen-bond donors (Lipinski definition) is 15. The molecule has 17 atom stereocenters. The van der Waals surface area contributed by atoms with E-state index in [0.29, 0.717) is 44.3 Å². The summed E-state index contributed by atoms with van der Waals surface area (Å²) in [5, 5.41) is 79.2. The molecular formula is C71H102N12O22. The van der Waals surface area contributed by atoms with Crippen LogP contribution in [-0.4, -0.2) is 230 Å². The summed E-state index contributed by atoms with van der Waals surface area (Å²) in [4.78, 5) is 182. The zero-order valence-corrected chi connectivity index (χ0v) is 60.5. The van der Waals surface area contributed by atoms with Crippen molar-refractivity contribution in [3.63, 3.8) is 0 Å². The number of likely N-dealkylation sites (N-methyl/N-ethyl adjacent to an activating group) is 1. The monoisotopic (exact) mass is 1470 g/mol. The molecule has 0 unspecified atom stereocenters. The number of amides is 9. The Kier molecular flexibility index (Phi) is 32.3. The zero-order chi connectivity index (χ0) is 77.4. The molecule has 3 aromatic rings. The van der Waals surface area contributed by atoms with Gasteiger partial charge in [0.05, 0.1) is 18.1 Å². The van der Waals surface area contributed by atoms with Crippen LogP contribution in [0.5, 0.6) is 5.75 Å². The lowest BCUT2D eigenvalue weighted by molar-refractivity contribution is -0.160. The van der Waals surface area contributed by atoms with Gasteiger partial charge in [-0.25, -0.2) is 9.59 Å². The van der Waals surface area contributed by atoms with Crippen molar-refractivity contribution in [2.75, 3.05) is 46.4 Å². The molecule has 0 radical (unpaired) electrons. The number of nitrogens with zero attached hydrogens (tertiary/aromatic N) is 2. The first-order valence-corrected chi connectivity index (χ1v) is 35.3. The topological polar surface area (TPSA) is 492 Å². The number of nitrogens with one attached hydrogen (secondary N) is 10. The summed E-state index contributed by atoms with van der Waals surface area (Å²) in [6.07, 6.45) is -5.16. The van der Waals surface area contributed by atoms with E-state index in [2.05, 4.69) is 47.9 Å². The number of hydrogen-bond acceptors (Lipinski definition) is 23. The summed E-state index contributed by atoms with van der Waals surface area (Å²) < 4.78 is 24.1. The van der Waals surface area contributed by atoms with Crippen LogP contribution in [0.25, 0.3) is 0 Å². The van der Waals surface area contributed by atoms with Gasteiger partial charge in [-0.3, -0.25) is 62.3 Å². The van der Waals surface area contributed by atoms with Gasteiger partial charge in [-0.1, -0.05) is 96.3 Å². The van der Waals surface area contributed by atoms with Gasteiger partial charge in [-0.2, -0.15) is 0 Å². The number of carbonyl (C=O) groups is 11. The molecule has 4 aliphatic heterocycles. The Bertz CT molecular complexity index is 3630. The van der Waals surface area contributed by atoms with E-state index in [1.54, 1.807) is 58.0 Å². The first kappa shape index (κ1) is 84.5. The van der Waals surface area contributed by atoms with E-state index in [-0.39, 0.29) is 62.4 Å². The largest absolute Gasteiger partial charge is 0.487 e. The van der Waals surface area contributed by atoms with E-state index in [4.69, 9.17) is 18.9 Å². The second-order valence-corrected chi connectivity index (χ2v) is 27.1. The maximum absolute atomic E-state index is 15.5. The number of benzene rings is 2. The van der Waals surface area contributed by atoms with Crippen LogP contribution in [0.4, 0.5) is 0 Å². The number of fused-ring (bicyclic) bond motifs is 11. The maximum atomic E-state index is 15.5. The third-order valence-electron chi connectivity index (χ3n) is 18.7. The third kappa shape index (κ3) is 24.6. The van der Waals surface area contributed by atoms with Crippen LogP contribution in [0.1, 0.15) is 130 Å².